The summed E-state index contributed by atoms with van der Waals surface area (Å²) in [6, 6.07) is 14.9. The third-order valence-corrected chi connectivity index (χ3v) is 8.71. The van der Waals surface area contributed by atoms with Crippen molar-refractivity contribution in [3.63, 3.8) is 0 Å². The maximum Gasteiger partial charge on any atom is 0.260 e. The van der Waals surface area contributed by atoms with Gasteiger partial charge in [0, 0.05) is 31.3 Å². The number of aliphatic imine (C=N–C) groups is 2. The van der Waals surface area contributed by atoms with Crippen LogP contribution in [0, 0.1) is 0 Å². The molecule has 7 rings (SSSR count). The zero-order valence-electron chi connectivity index (χ0n) is 26.0. The number of carbonyl (C=O) groups excluding carboxylic acids is 2. The molecule has 1 atom stereocenters. The van der Waals surface area contributed by atoms with E-state index in [-0.39, 0.29) is 17.9 Å². The molecular weight excluding hydrogens is 584 g/mol. The highest BCUT2D eigenvalue weighted by Gasteiger charge is 2.35. The minimum Gasteiger partial charge on any atom is -0.493 e. The summed E-state index contributed by atoms with van der Waals surface area (Å²) in [5.74, 6) is 1.70. The molecule has 2 amide bonds. The Morgan fingerprint density at radius 3 is 2.22 bits per heavy atom. The summed E-state index contributed by atoms with van der Waals surface area (Å²) in [6.45, 7) is 3.74. The van der Waals surface area contributed by atoms with Gasteiger partial charge in [0.05, 0.1) is 74.4 Å². The first-order chi connectivity index (χ1) is 22.5. The van der Waals surface area contributed by atoms with Gasteiger partial charge in [-0.05, 0) is 42.7 Å². The lowest BCUT2D eigenvalue weighted by atomic mass is 10.0. The summed E-state index contributed by atoms with van der Waals surface area (Å²) in [7, 11) is 3.10. The third-order valence-electron chi connectivity index (χ3n) is 8.71. The predicted octanol–water partition coefficient (Wildman–Crippen LogP) is 6.14. The molecule has 1 fully saturated rings. The molecule has 0 bridgehead atoms. The van der Waals surface area contributed by atoms with Gasteiger partial charge >= 0.3 is 0 Å². The molecule has 234 valence electrons. The van der Waals surface area contributed by atoms with Crippen LogP contribution in [0.2, 0.25) is 0 Å². The van der Waals surface area contributed by atoms with E-state index in [2.05, 4.69) is 16.1 Å². The molecule has 0 unspecified atom stereocenters. The van der Waals surface area contributed by atoms with E-state index in [1.165, 1.54) is 5.57 Å². The number of hydrogen-bond donors (Lipinski definition) is 0. The van der Waals surface area contributed by atoms with E-state index in [4.69, 9.17) is 18.9 Å². The highest BCUT2D eigenvalue weighted by atomic mass is 16.5. The molecule has 4 heterocycles. The predicted molar refractivity (Wildman–Crippen MR) is 175 cm³/mol. The lowest BCUT2D eigenvalue weighted by molar-refractivity contribution is 0.0775. The second-order valence-electron chi connectivity index (χ2n) is 11.4. The van der Waals surface area contributed by atoms with Crippen LogP contribution >= 0.6 is 0 Å². The van der Waals surface area contributed by atoms with Gasteiger partial charge in [-0.25, -0.2) is 0 Å². The average Bonchev–Trinajstić information content (AvgIpc) is 3.40. The van der Waals surface area contributed by atoms with Gasteiger partial charge in [-0.3, -0.25) is 19.6 Å². The Balaban J connectivity index is 1.02. The minimum atomic E-state index is -0.143. The van der Waals surface area contributed by atoms with Gasteiger partial charge in [0.15, 0.2) is 23.0 Å². The second kappa shape index (κ2) is 12.2. The fraction of sp³-hybridized carbons (Fsp3) is 0.278. The molecule has 0 N–H and O–H groups in total. The topological polar surface area (TPSA) is 102 Å². The number of ether oxygens (including phenoxy) is 4. The van der Waals surface area contributed by atoms with Crippen molar-refractivity contribution in [1.29, 1.82) is 0 Å². The van der Waals surface area contributed by atoms with Crippen LogP contribution in [0.4, 0.5) is 11.4 Å². The van der Waals surface area contributed by atoms with Gasteiger partial charge < -0.3 is 28.7 Å². The molecular formula is C36H34N4O6. The van der Waals surface area contributed by atoms with Crippen LogP contribution in [0.1, 0.15) is 51.6 Å². The second-order valence-corrected chi connectivity index (χ2v) is 11.4. The van der Waals surface area contributed by atoms with E-state index in [1.54, 1.807) is 49.6 Å². The van der Waals surface area contributed by atoms with Gasteiger partial charge in [0.25, 0.3) is 11.8 Å². The van der Waals surface area contributed by atoms with E-state index in [0.29, 0.717) is 78.2 Å². The molecule has 3 aromatic rings. The Morgan fingerprint density at radius 2 is 1.52 bits per heavy atom. The van der Waals surface area contributed by atoms with Crippen LogP contribution in [-0.2, 0) is 6.54 Å². The molecule has 4 aliphatic heterocycles. The number of methoxy groups -OCH3 is 2. The van der Waals surface area contributed by atoms with Crippen LogP contribution < -0.4 is 18.9 Å². The van der Waals surface area contributed by atoms with Crippen LogP contribution in [0.5, 0.6) is 23.0 Å². The lowest BCUT2D eigenvalue weighted by Crippen LogP contribution is -2.35. The standard InChI is InChI=1S/C36H34N4O6/c1-4-22-12-25-18-37-29-16-33(31(43-2)14-27(29)35(41)39(25)20-22)45-10-7-11-46-34-17-30-28(15-32(34)44-3)36(42)40-21-24-9-6-5-8-23(24)13-26(40)19-38-30/h4-6,8-9,13-19,25H,7,10-12,20-21H2,1-3H3/b22-4-/t25-/m0/s1. The first-order valence-electron chi connectivity index (χ1n) is 15.3. The first kappa shape index (κ1) is 29.3. The molecule has 10 nitrogen and oxygen atoms in total. The quantitative estimate of drug-likeness (QED) is 0.222. The summed E-state index contributed by atoms with van der Waals surface area (Å²) < 4.78 is 23.3. The minimum absolute atomic E-state index is 0.0525. The number of allylic oxidation sites excluding steroid dienone is 2. The maximum atomic E-state index is 13.6. The number of hydrogen-bond acceptors (Lipinski definition) is 8. The molecule has 0 spiro atoms. The van der Waals surface area contributed by atoms with E-state index >= 15 is 0 Å². The highest BCUT2D eigenvalue weighted by molar-refractivity contribution is 6.08. The molecule has 4 aliphatic rings. The van der Waals surface area contributed by atoms with Crippen molar-refractivity contribution in [2.75, 3.05) is 34.0 Å². The normalized spacial score (nSPS) is 18.5. The van der Waals surface area contributed by atoms with Gasteiger partial charge in [0.1, 0.15) is 0 Å². The Labute approximate surface area is 267 Å². The molecule has 1 saturated heterocycles. The fourth-order valence-corrected chi connectivity index (χ4v) is 6.18. The summed E-state index contributed by atoms with van der Waals surface area (Å²) >= 11 is 0. The monoisotopic (exact) mass is 618 g/mol. The van der Waals surface area contributed by atoms with Crippen molar-refractivity contribution in [1.82, 2.24) is 9.80 Å². The SMILES string of the molecule is C/C=C1/C[C@H]2C=Nc3cc(OCCCOc4cc5c(cc4OC)C(=O)N4Cc6ccccc6C=C4C=N5)c(OC)cc3C(=O)N2C1. The highest BCUT2D eigenvalue weighted by Crippen LogP contribution is 2.40. The number of nitrogens with zero attached hydrogens (tertiary/aromatic N) is 4. The smallest absolute Gasteiger partial charge is 0.260 e. The molecule has 0 saturated carbocycles. The van der Waals surface area contributed by atoms with Crippen molar-refractivity contribution in [2.45, 2.75) is 32.4 Å². The number of fused-ring (bicyclic) bond motifs is 5. The molecule has 0 aliphatic carbocycles. The largest absolute Gasteiger partial charge is 0.493 e. The number of benzene rings is 3. The van der Waals surface area contributed by atoms with E-state index in [9.17, 15) is 9.59 Å². The Bertz CT molecular complexity index is 1860. The summed E-state index contributed by atoms with van der Waals surface area (Å²) in [6.07, 6.45) is 8.95. The van der Waals surface area contributed by atoms with Gasteiger partial charge in [-0.2, -0.15) is 0 Å². The van der Waals surface area contributed by atoms with Crippen LogP contribution in [0.3, 0.4) is 0 Å². The number of carbonyl (C=O) groups is 2. The fourth-order valence-electron chi connectivity index (χ4n) is 6.18. The molecule has 0 aromatic heterocycles. The number of rotatable bonds is 8. The van der Waals surface area contributed by atoms with Gasteiger partial charge in [-0.1, -0.05) is 35.9 Å². The van der Waals surface area contributed by atoms with Crippen molar-refractivity contribution >= 4 is 41.7 Å². The van der Waals surface area contributed by atoms with E-state index in [0.717, 1.165) is 23.2 Å². The van der Waals surface area contributed by atoms with Crippen LogP contribution in [0.15, 0.2) is 75.9 Å². The zero-order valence-corrected chi connectivity index (χ0v) is 26.0. The Hall–Kier alpha value is -5.38. The number of amides is 2. The third kappa shape index (κ3) is 5.29. The van der Waals surface area contributed by atoms with E-state index in [1.807, 2.05) is 48.4 Å². The summed E-state index contributed by atoms with van der Waals surface area (Å²) in [4.78, 5) is 39.8. The van der Waals surface area contributed by atoms with Crippen molar-refractivity contribution in [3.05, 3.63) is 88.1 Å². The van der Waals surface area contributed by atoms with Crippen molar-refractivity contribution < 1.29 is 28.5 Å². The van der Waals surface area contributed by atoms with Crippen LogP contribution in [-0.4, -0.2) is 74.1 Å². The summed E-state index contributed by atoms with van der Waals surface area (Å²) in [5.41, 5.74) is 6.16. The average molecular weight is 619 g/mol. The van der Waals surface area contributed by atoms with Gasteiger partial charge in [0.2, 0.25) is 0 Å². The first-order valence-corrected chi connectivity index (χ1v) is 15.3. The lowest BCUT2D eigenvalue weighted by Gasteiger charge is -2.27. The molecule has 3 aromatic carbocycles. The van der Waals surface area contributed by atoms with Crippen molar-refractivity contribution in [2.24, 2.45) is 9.98 Å². The Kier molecular flexibility index (Phi) is 7.78. The van der Waals surface area contributed by atoms with Gasteiger partial charge in [-0.15, -0.1) is 0 Å². The van der Waals surface area contributed by atoms with Crippen LogP contribution in [0.25, 0.3) is 6.08 Å². The van der Waals surface area contributed by atoms with Crippen molar-refractivity contribution in [3.8, 4) is 23.0 Å². The molecule has 46 heavy (non-hydrogen) atoms. The maximum absolute atomic E-state index is 13.6. The summed E-state index contributed by atoms with van der Waals surface area (Å²) in [5, 5.41) is 0. The molecule has 10 heteroatoms. The Morgan fingerprint density at radius 1 is 0.848 bits per heavy atom. The van der Waals surface area contributed by atoms with E-state index < -0.39 is 0 Å². The molecule has 0 radical (unpaired) electrons. The zero-order chi connectivity index (χ0) is 31.8.